The van der Waals surface area contributed by atoms with E-state index in [2.05, 4.69) is 15.6 Å². The maximum absolute atomic E-state index is 11.9. The zero-order chi connectivity index (χ0) is 18.7. The first kappa shape index (κ1) is 18.2. The van der Waals surface area contributed by atoms with E-state index in [9.17, 15) is 14.7 Å². The molecule has 8 heteroatoms. The number of ether oxygens (including phenoxy) is 1. The number of nitrogens with one attached hydrogen (secondary N) is 2. The molecule has 1 saturated carbocycles. The number of carbonyl (C=O) groups excluding carboxylic acids is 2. The fraction of sp³-hybridized carbons (Fsp3) is 0.278. The van der Waals surface area contributed by atoms with Gasteiger partial charge < -0.3 is 15.2 Å². The summed E-state index contributed by atoms with van der Waals surface area (Å²) >= 11 is 5.79. The minimum atomic E-state index is -0.608. The first-order chi connectivity index (χ1) is 12.4. The number of aliphatic hydroxyl groups is 1. The van der Waals surface area contributed by atoms with Crippen molar-refractivity contribution in [2.75, 3.05) is 5.32 Å². The fourth-order valence-electron chi connectivity index (χ4n) is 2.56. The predicted molar refractivity (Wildman–Crippen MR) is 96.4 cm³/mol. The first-order valence-corrected chi connectivity index (χ1v) is 8.48. The van der Waals surface area contributed by atoms with Crippen LogP contribution in [0.25, 0.3) is 0 Å². The smallest absolute Gasteiger partial charge is 0.325 e. The molecule has 1 aliphatic rings. The molecule has 3 rings (SSSR count). The highest BCUT2D eigenvalue weighted by molar-refractivity contribution is 6.30. The Morgan fingerprint density at radius 1 is 1.27 bits per heavy atom. The van der Waals surface area contributed by atoms with Crippen LogP contribution in [0.1, 0.15) is 18.4 Å². The van der Waals surface area contributed by atoms with Crippen LogP contribution in [0.2, 0.25) is 5.02 Å². The van der Waals surface area contributed by atoms with Gasteiger partial charge in [-0.15, -0.1) is 0 Å². The predicted octanol–water partition coefficient (Wildman–Crippen LogP) is 3.25. The van der Waals surface area contributed by atoms with Crippen LogP contribution >= 0.6 is 11.6 Å². The largest absolute Gasteiger partial charge is 0.439 e. The first-order valence-electron chi connectivity index (χ1n) is 8.10. The van der Waals surface area contributed by atoms with Crippen molar-refractivity contribution >= 4 is 29.2 Å². The van der Waals surface area contributed by atoms with E-state index < -0.39 is 12.1 Å². The summed E-state index contributed by atoms with van der Waals surface area (Å²) in [5.41, 5.74) is 1.31. The van der Waals surface area contributed by atoms with Gasteiger partial charge in [-0.1, -0.05) is 11.6 Å². The van der Waals surface area contributed by atoms with E-state index in [0.29, 0.717) is 35.2 Å². The molecule has 1 aliphatic carbocycles. The van der Waals surface area contributed by atoms with Gasteiger partial charge in [-0.3, -0.25) is 10.1 Å². The van der Waals surface area contributed by atoms with Crippen LogP contribution in [0, 0.1) is 12.8 Å². The number of anilines is 1. The summed E-state index contributed by atoms with van der Waals surface area (Å²) in [6.45, 7) is 1.83. The van der Waals surface area contributed by atoms with Gasteiger partial charge in [0.2, 0.25) is 11.8 Å². The van der Waals surface area contributed by atoms with Crippen LogP contribution in [-0.2, 0) is 4.79 Å². The number of imide groups is 1. The van der Waals surface area contributed by atoms with E-state index >= 15 is 0 Å². The molecule has 26 heavy (non-hydrogen) atoms. The fourth-order valence-corrected chi connectivity index (χ4v) is 2.67. The molecule has 1 aromatic heterocycles. The number of nitrogens with zero attached hydrogens (tertiary/aromatic N) is 1. The summed E-state index contributed by atoms with van der Waals surface area (Å²) in [7, 11) is 0. The Labute approximate surface area is 155 Å². The standard InChI is InChI=1S/C18H18ClN3O4/c1-10-6-13(21-18(25)22-17(24)11-7-14(23)8-11)3-4-15(10)26-16-5-2-12(19)9-20-16/h2-6,9,11,14,23H,7-8H2,1H3,(H2,21,22,24,25). The summed E-state index contributed by atoms with van der Waals surface area (Å²) in [5.74, 6) is 0.313. The molecule has 0 bridgehead atoms. The Morgan fingerprint density at radius 2 is 2.04 bits per heavy atom. The minimum absolute atomic E-state index is 0.305. The molecule has 0 atom stereocenters. The van der Waals surface area contributed by atoms with Crippen molar-refractivity contribution in [2.24, 2.45) is 5.92 Å². The summed E-state index contributed by atoms with van der Waals surface area (Å²) in [6, 6.07) is 7.81. The number of halogens is 1. The maximum atomic E-state index is 11.9. The van der Waals surface area contributed by atoms with Gasteiger partial charge in [0.15, 0.2) is 0 Å². The Morgan fingerprint density at radius 3 is 2.65 bits per heavy atom. The Hall–Kier alpha value is -2.64. The van der Waals surface area contributed by atoms with Crippen LogP contribution < -0.4 is 15.4 Å². The van der Waals surface area contributed by atoms with E-state index in [0.717, 1.165) is 5.56 Å². The highest BCUT2D eigenvalue weighted by Gasteiger charge is 2.33. The zero-order valence-corrected chi connectivity index (χ0v) is 14.8. The number of benzene rings is 1. The number of hydrogen-bond donors (Lipinski definition) is 3. The summed E-state index contributed by atoms with van der Waals surface area (Å²) < 4.78 is 5.68. The van der Waals surface area contributed by atoms with Crippen LogP contribution in [0.3, 0.4) is 0 Å². The average molecular weight is 376 g/mol. The molecule has 1 fully saturated rings. The minimum Gasteiger partial charge on any atom is -0.439 e. The average Bonchev–Trinajstić information content (AvgIpc) is 2.56. The highest BCUT2D eigenvalue weighted by Crippen LogP contribution is 2.28. The van der Waals surface area contributed by atoms with Crippen molar-refractivity contribution < 1.29 is 19.4 Å². The van der Waals surface area contributed by atoms with Gasteiger partial charge in [0, 0.05) is 23.9 Å². The third kappa shape index (κ3) is 4.50. The second-order valence-electron chi connectivity index (χ2n) is 6.16. The molecular weight excluding hydrogens is 358 g/mol. The van der Waals surface area contributed by atoms with Gasteiger partial charge in [-0.2, -0.15) is 0 Å². The number of aromatic nitrogens is 1. The van der Waals surface area contributed by atoms with Crippen LogP contribution in [-0.4, -0.2) is 28.1 Å². The summed E-state index contributed by atoms with van der Waals surface area (Å²) in [5, 5.41) is 14.6. The zero-order valence-electron chi connectivity index (χ0n) is 14.0. The number of carbonyl (C=O) groups is 2. The normalized spacial score (nSPS) is 18.6. The number of rotatable bonds is 4. The van der Waals surface area contributed by atoms with Crippen molar-refractivity contribution in [3.8, 4) is 11.6 Å². The third-order valence-electron chi connectivity index (χ3n) is 4.07. The molecule has 0 unspecified atom stereocenters. The van der Waals surface area contributed by atoms with Gasteiger partial charge in [-0.25, -0.2) is 9.78 Å². The van der Waals surface area contributed by atoms with Crippen molar-refractivity contribution in [3.05, 3.63) is 47.1 Å². The molecule has 1 aromatic carbocycles. The number of hydrogen-bond acceptors (Lipinski definition) is 5. The van der Waals surface area contributed by atoms with Crippen molar-refractivity contribution in [1.82, 2.24) is 10.3 Å². The Kier molecular flexibility index (Phi) is 5.39. The maximum Gasteiger partial charge on any atom is 0.325 e. The molecule has 0 saturated heterocycles. The number of amides is 3. The molecule has 3 amide bonds. The molecule has 0 radical (unpaired) electrons. The van der Waals surface area contributed by atoms with Crippen LogP contribution in [0.4, 0.5) is 10.5 Å². The molecule has 2 aromatic rings. The van der Waals surface area contributed by atoms with Crippen LogP contribution in [0.5, 0.6) is 11.6 Å². The molecule has 0 aliphatic heterocycles. The van der Waals surface area contributed by atoms with Gasteiger partial charge in [0.1, 0.15) is 5.75 Å². The Balaban J connectivity index is 1.57. The van der Waals surface area contributed by atoms with E-state index in [1.807, 2.05) is 6.92 Å². The topological polar surface area (TPSA) is 101 Å². The number of aliphatic hydroxyl groups excluding tert-OH is 1. The second-order valence-corrected chi connectivity index (χ2v) is 6.60. The molecule has 0 spiro atoms. The molecule has 136 valence electrons. The van der Waals surface area contributed by atoms with E-state index in [4.69, 9.17) is 16.3 Å². The quantitative estimate of drug-likeness (QED) is 0.761. The van der Waals surface area contributed by atoms with Crippen molar-refractivity contribution in [3.63, 3.8) is 0 Å². The van der Waals surface area contributed by atoms with Gasteiger partial charge in [-0.05, 0) is 49.6 Å². The number of urea groups is 1. The Bertz CT molecular complexity index is 820. The monoisotopic (exact) mass is 375 g/mol. The van der Waals surface area contributed by atoms with E-state index in [1.54, 1.807) is 30.3 Å². The van der Waals surface area contributed by atoms with Crippen molar-refractivity contribution in [2.45, 2.75) is 25.9 Å². The third-order valence-corrected chi connectivity index (χ3v) is 4.29. The lowest BCUT2D eigenvalue weighted by molar-refractivity contribution is -0.130. The second kappa shape index (κ2) is 7.72. The molecule has 3 N–H and O–H groups in total. The molecule has 7 nitrogen and oxygen atoms in total. The summed E-state index contributed by atoms with van der Waals surface area (Å²) in [6.07, 6.45) is 1.83. The van der Waals surface area contributed by atoms with Gasteiger partial charge in [0.25, 0.3) is 0 Å². The number of aryl methyl sites for hydroxylation is 1. The van der Waals surface area contributed by atoms with Crippen molar-refractivity contribution in [1.29, 1.82) is 0 Å². The van der Waals surface area contributed by atoms with Gasteiger partial charge in [0.05, 0.1) is 11.1 Å². The molecule has 1 heterocycles. The summed E-state index contributed by atoms with van der Waals surface area (Å²) in [4.78, 5) is 27.8. The van der Waals surface area contributed by atoms with E-state index in [-0.39, 0.29) is 11.8 Å². The highest BCUT2D eigenvalue weighted by atomic mass is 35.5. The van der Waals surface area contributed by atoms with E-state index in [1.165, 1.54) is 6.20 Å². The lowest BCUT2D eigenvalue weighted by Crippen LogP contribution is -2.44. The number of pyridine rings is 1. The SMILES string of the molecule is Cc1cc(NC(=O)NC(=O)C2CC(O)C2)ccc1Oc1ccc(Cl)cn1. The van der Waals surface area contributed by atoms with Gasteiger partial charge >= 0.3 is 6.03 Å². The lowest BCUT2D eigenvalue weighted by atomic mass is 9.82. The molecular formula is C18H18ClN3O4. The van der Waals surface area contributed by atoms with Crippen LogP contribution in [0.15, 0.2) is 36.5 Å². The lowest BCUT2D eigenvalue weighted by Gasteiger charge is -2.29.